The summed E-state index contributed by atoms with van der Waals surface area (Å²) in [4.78, 5) is 12.5. The second-order valence-electron chi connectivity index (χ2n) is 7.43. The molecule has 166 valence electrons. The van der Waals surface area contributed by atoms with Crippen molar-refractivity contribution in [1.82, 2.24) is 25.3 Å². The van der Waals surface area contributed by atoms with E-state index in [1.165, 1.54) is 6.07 Å². The first kappa shape index (κ1) is 22.2. The zero-order valence-corrected chi connectivity index (χ0v) is 18.1. The lowest BCUT2D eigenvalue weighted by Gasteiger charge is -2.13. The molecule has 0 aliphatic carbocycles. The Balaban J connectivity index is 1.40. The van der Waals surface area contributed by atoms with Crippen LogP contribution in [-0.4, -0.2) is 31.9 Å². The molecular weight excluding hydrogens is 450 g/mol. The van der Waals surface area contributed by atoms with Crippen LogP contribution in [0.15, 0.2) is 54.7 Å². The van der Waals surface area contributed by atoms with Gasteiger partial charge in [-0.05, 0) is 43.3 Å². The number of hydrogen-bond donors (Lipinski definition) is 2. The summed E-state index contributed by atoms with van der Waals surface area (Å²) in [6, 6.07) is 13.1. The van der Waals surface area contributed by atoms with Crippen molar-refractivity contribution in [3.63, 3.8) is 0 Å². The van der Waals surface area contributed by atoms with Crippen LogP contribution in [0.1, 0.15) is 23.0 Å². The lowest BCUT2D eigenvalue weighted by Crippen LogP contribution is -2.36. The quantitative estimate of drug-likeness (QED) is 0.435. The van der Waals surface area contributed by atoms with Gasteiger partial charge in [-0.1, -0.05) is 17.7 Å². The highest BCUT2D eigenvalue weighted by molar-refractivity contribution is 6.32. The van der Waals surface area contributed by atoms with Crippen molar-refractivity contribution >= 4 is 17.5 Å². The lowest BCUT2D eigenvalue weighted by atomic mass is 10.1. The van der Waals surface area contributed by atoms with E-state index in [2.05, 4.69) is 20.6 Å². The number of benzene rings is 2. The maximum absolute atomic E-state index is 13.4. The standard InChI is InChI=1S/C23H17ClF2N6O/c1-13(12-32-5-4-20(31-32)14-2-3-15(11-27)19(24)8-14)28-23(33)22-10-21(29-30-22)16-6-17(25)9-18(26)7-16/h2-10,13H,12H2,1H3,(H,28,33)(H,29,30)/t13-/m0/s1. The van der Waals surface area contributed by atoms with E-state index >= 15 is 0 Å². The minimum Gasteiger partial charge on any atom is -0.346 e. The molecule has 10 heteroatoms. The predicted octanol–water partition coefficient (Wildman–Crippen LogP) is 4.56. The third-order valence-corrected chi connectivity index (χ3v) is 5.16. The Labute approximate surface area is 192 Å². The van der Waals surface area contributed by atoms with Crippen LogP contribution in [0.25, 0.3) is 22.5 Å². The van der Waals surface area contributed by atoms with Crippen molar-refractivity contribution in [1.29, 1.82) is 5.26 Å². The summed E-state index contributed by atoms with van der Waals surface area (Å²) in [5, 5.41) is 23.2. The second kappa shape index (κ2) is 9.22. The molecule has 0 fully saturated rings. The molecule has 0 saturated heterocycles. The average molecular weight is 467 g/mol. The second-order valence-corrected chi connectivity index (χ2v) is 7.84. The van der Waals surface area contributed by atoms with Gasteiger partial charge in [0.15, 0.2) is 0 Å². The number of H-pyrrole nitrogens is 1. The molecule has 1 atom stereocenters. The smallest absolute Gasteiger partial charge is 0.269 e. The molecule has 0 saturated carbocycles. The largest absolute Gasteiger partial charge is 0.346 e. The number of nitriles is 1. The van der Waals surface area contributed by atoms with E-state index in [0.29, 0.717) is 22.8 Å². The summed E-state index contributed by atoms with van der Waals surface area (Å²) in [6.45, 7) is 2.21. The number of carbonyl (C=O) groups is 1. The molecule has 2 N–H and O–H groups in total. The van der Waals surface area contributed by atoms with Crippen LogP contribution < -0.4 is 5.32 Å². The van der Waals surface area contributed by atoms with Crippen molar-refractivity contribution in [2.75, 3.05) is 0 Å². The number of amides is 1. The van der Waals surface area contributed by atoms with Crippen LogP contribution in [0.4, 0.5) is 8.78 Å². The first-order valence-corrected chi connectivity index (χ1v) is 10.3. The Bertz CT molecular complexity index is 1350. The number of nitrogens with one attached hydrogen (secondary N) is 2. The zero-order valence-electron chi connectivity index (χ0n) is 17.3. The van der Waals surface area contributed by atoms with E-state index in [4.69, 9.17) is 16.9 Å². The van der Waals surface area contributed by atoms with Gasteiger partial charge in [-0.25, -0.2) is 8.78 Å². The fraction of sp³-hybridized carbons (Fsp3) is 0.130. The van der Waals surface area contributed by atoms with Gasteiger partial charge in [0.2, 0.25) is 0 Å². The first-order chi connectivity index (χ1) is 15.8. The summed E-state index contributed by atoms with van der Waals surface area (Å²) in [7, 11) is 0. The Kier molecular flexibility index (Phi) is 6.20. The van der Waals surface area contributed by atoms with Gasteiger partial charge in [-0.2, -0.15) is 15.5 Å². The summed E-state index contributed by atoms with van der Waals surface area (Å²) in [6.07, 6.45) is 1.77. The van der Waals surface area contributed by atoms with E-state index in [1.807, 2.05) is 19.1 Å². The molecule has 33 heavy (non-hydrogen) atoms. The Morgan fingerprint density at radius 3 is 2.61 bits per heavy atom. The minimum absolute atomic E-state index is 0.162. The third kappa shape index (κ3) is 5.07. The third-order valence-electron chi connectivity index (χ3n) is 4.85. The van der Waals surface area contributed by atoms with Crippen molar-refractivity contribution < 1.29 is 13.6 Å². The van der Waals surface area contributed by atoms with Gasteiger partial charge in [0, 0.05) is 29.4 Å². The van der Waals surface area contributed by atoms with Gasteiger partial charge in [-0.3, -0.25) is 14.6 Å². The fourth-order valence-corrected chi connectivity index (χ4v) is 3.52. The van der Waals surface area contributed by atoms with Gasteiger partial charge in [-0.15, -0.1) is 0 Å². The average Bonchev–Trinajstić information content (AvgIpc) is 3.43. The van der Waals surface area contributed by atoms with Gasteiger partial charge in [0.1, 0.15) is 23.4 Å². The monoisotopic (exact) mass is 466 g/mol. The van der Waals surface area contributed by atoms with Gasteiger partial charge < -0.3 is 5.32 Å². The number of carbonyl (C=O) groups excluding carboxylic acids is 1. The van der Waals surface area contributed by atoms with E-state index < -0.39 is 17.5 Å². The Morgan fingerprint density at radius 2 is 1.91 bits per heavy atom. The molecule has 2 heterocycles. The van der Waals surface area contributed by atoms with Gasteiger partial charge in [0.05, 0.1) is 28.5 Å². The minimum atomic E-state index is -0.727. The molecule has 4 rings (SSSR count). The number of rotatable bonds is 6. The van der Waals surface area contributed by atoms with Crippen LogP contribution in [0.5, 0.6) is 0 Å². The summed E-state index contributed by atoms with van der Waals surface area (Å²) in [5.41, 5.74) is 2.48. The normalized spacial score (nSPS) is 11.7. The molecule has 4 aromatic rings. The zero-order chi connectivity index (χ0) is 23.5. The topological polar surface area (TPSA) is 99.4 Å². The van der Waals surface area contributed by atoms with E-state index in [9.17, 15) is 13.6 Å². The van der Waals surface area contributed by atoms with E-state index in [1.54, 1.807) is 29.1 Å². The summed E-state index contributed by atoms with van der Waals surface area (Å²) < 4.78 is 28.6. The maximum atomic E-state index is 13.4. The molecule has 2 aromatic heterocycles. The van der Waals surface area contributed by atoms with Crippen molar-refractivity contribution in [2.24, 2.45) is 0 Å². The van der Waals surface area contributed by atoms with Crippen LogP contribution in [-0.2, 0) is 6.54 Å². The lowest BCUT2D eigenvalue weighted by molar-refractivity contribution is 0.0931. The van der Waals surface area contributed by atoms with Crippen LogP contribution in [0.2, 0.25) is 5.02 Å². The molecular formula is C23H17ClF2N6O. The van der Waals surface area contributed by atoms with Crippen LogP contribution in [0.3, 0.4) is 0 Å². The highest BCUT2D eigenvalue weighted by atomic mass is 35.5. The van der Waals surface area contributed by atoms with Gasteiger partial charge in [0.25, 0.3) is 5.91 Å². The summed E-state index contributed by atoms with van der Waals surface area (Å²) >= 11 is 6.09. The Hall–Kier alpha value is -4.03. The van der Waals surface area contributed by atoms with Crippen LogP contribution >= 0.6 is 11.6 Å². The molecule has 0 unspecified atom stereocenters. The molecule has 1 amide bonds. The number of hydrogen-bond acceptors (Lipinski definition) is 4. The number of aromatic amines is 1. The highest BCUT2D eigenvalue weighted by Crippen LogP contribution is 2.24. The molecule has 0 spiro atoms. The van der Waals surface area contributed by atoms with Crippen LogP contribution in [0, 0.1) is 23.0 Å². The first-order valence-electron chi connectivity index (χ1n) is 9.88. The van der Waals surface area contributed by atoms with E-state index in [-0.39, 0.29) is 23.0 Å². The van der Waals surface area contributed by atoms with Crippen molar-refractivity contribution in [3.05, 3.63) is 82.6 Å². The summed E-state index contributed by atoms with van der Waals surface area (Å²) in [5.74, 6) is -1.87. The molecule has 7 nitrogen and oxygen atoms in total. The van der Waals surface area contributed by atoms with Gasteiger partial charge >= 0.3 is 0 Å². The SMILES string of the molecule is C[C@@H](Cn1ccc(-c2ccc(C#N)c(Cl)c2)n1)NC(=O)c1cc(-c2cc(F)cc(F)c2)n[nH]1. The number of halogens is 3. The highest BCUT2D eigenvalue weighted by Gasteiger charge is 2.15. The predicted molar refractivity (Wildman–Crippen MR) is 118 cm³/mol. The van der Waals surface area contributed by atoms with Crippen molar-refractivity contribution in [3.8, 4) is 28.6 Å². The molecule has 0 radical (unpaired) electrons. The molecule has 0 bridgehead atoms. The maximum Gasteiger partial charge on any atom is 0.269 e. The number of aromatic nitrogens is 4. The molecule has 0 aliphatic heterocycles. The molecule has 2 aromatic carbocycles. The molecule has 0 aliphatic rings. The Morgan fingerprint density at radius 1 is 1.15 bits per heavy atom. The van der Waals surface area contributed by atoms with Crippen molar-refractivity contribution in [2.45, 2.75) is 19.5 Å². The van der Waals surface area contributed by atoms with E-state index in [0.717, 1.165) is 23.8 Å². The fourth-order valence-electron chi connectivity index (χ4n) is 3.30. The number of nitrogens with zero attached hydrogens (tertiary/aromatic N) is 4.